The minimum absolute atomic E-state index is 0.240. The topological polar surface area (TPSA) is 75.6 Å². The molecule has 0 spiro atoms. The predicted octanol–water partition coefficient (Wildman–Crippen LogP) is 5.24. The van der Waals surface area contributed by atoms with Crippen LogP contribution in [0.2, 0.25) is 5.02 Å². The fraction of sp³-hybridized carbons (Fsp3) is 0.0833. The van der Waals surface area contributed by atoms with Crippen molar-refractivity contribution in [2.45, 2.75) is 6.04 Å². The molecule has 33 heavy (non-hydrogen) atoms. The Morgan fingerprint density at radius 3 is 2.42 bits per heavy atom. The molecular weight excluding hydrogens is 460 g/mol. The lowest BCUT2D eigenvalue weighted by atomic mass is 10.1. The van der Waals surface area contributed by atoms with E-state index in [-0.39, 0.29) is 6.54 Å². The largest absolute Gasteiger partial charge is 0.437 e. The maximum Gasteiger partial charge on any atom is 0.327 e. The average molecular weight is 479 g/mol. The highest BCUT2D eigenvalue weighted by Crippen LogP contribution is 2.41. The van der Waals surface area contributed by atoms with Crippen LogP contribution in [-0.4, -0.2) is 24.9 Å². The van der Waals surface area contributed by atoms with Gasteiger partial charge < -0.3 is 4.74 Å². The van der Waals surface area contributed by atoms with Crippen molar-refractivity contribution in [3.05, 3.63) is 108 Å². The Kier molecular flexibility index (Phi) is 5.62. The molecule has 0 saturated carbocycles. The van der Waals surface area contributed by atoms with Crippen molar-refractivity contribution in [2.75, 3.05) is 15.2 Å². The van der Waals surface area contributed by atoms with E-state index in [9.17, 15) is 8.42 Å². The summed E-state index contributed by atoms with van der Waals surface area (Å²) >= 11 is 6.06. The molecule has 1 unspecified atom stereocenters. The van der Waals surface area contributed by atoms with Gasteiger partial charge in [-0.2, -0.15) is 8.42 Å². The van der Waals surface area contributed by atoms with E-state index in [4.69, 9.17) is 16.3 Å². The van der Waals surface area contributed by atoms with Crippen LogP contribution >= 0.6 is 11.6 Å². The molecule has 1 saturated heterocycles. The van der Waals surface area contributed by atoms with E-state index in [1.807, 2.05) is 36.4 Å². The Morgan fingerprint density at radius 2 is 1.70 bits per heavy atom. The number of aromatic nitrogens is 2. The summed E-state index contributed by atoms with van der Waals surface area (Å²) in [4.78, 5) is 8.14. The molecule has 1 aliphatic heterocycles. The number of nitrogens with zero attached hydrogens (tertiary/aromatic N) is 4. The van der Waals surface area contributed by atoms with Gasteiger partial charge in [0.2, 0.25) is 5.88 Å². The van der Waals surface area contributed by atoms with Crippen LogP contribution in [0.25, 0.3) is 0 Å². The minimum atomic E-state index is -3.86. The van der Waals surface area contributed by atoms with Gasteiger partial charge in [-0.25, -0.2) is 9.29 Å². The first-order valence-corrected chi connectivity index (χ1v) is 12.0. The fourth-order valence-corrected chi connectivity index (χ4v) is 5.77. The van der Waals surface area contributed by atoms with E-state index < -0.39 is 16.3 Å². The normalized spacial score (nSPS) is 17.2. The van der Waals surface area contributed by atoms with Crippen molar-refractivity contribution in [1.29, 1.82) is 0 Å². The van der Waals surface area contributed by atoms with Crippen LogP contribution in [0.5, 0.6) is 11.6 Å². The number of rotatable bonds is 5. The second-order valence-corrected chi connectivity index (χ2v) is 9.55. The molecule has 0 bridgehead atoms. The summed E-state index contributed by atoms with van der Waals surface area (Å²) in [5, 5.41) is 0.533. The average Bonchev–Trinajstić information content (AvgIpc) is 3.12. The van der Waals surface area contributed by atoms with Gasteiger partial charge in [0.05, 0.1) is 30.2 Å². The van der Waals surface area contributed by atoms with Crippen LogP contribution in [0.15, 0.2) is 97.5 Å². The molecule has 1 fully saturated rings. The number of benzene rings is 3. The Hall–Kier alpha value is -3.62. The van der Waals surface area contributed by atoms with Gasteiger partial charge in [0.15, 0.2) is 0 Å². The smallest absolute Gasteiger partial charge is 0.327 e. The third-order valence-electron chi connectivity index (χ3n) is 5.28. The van der Waals surface area contributed by atoms with Crippen LogP contribution in [0.3, 0.4) is 0 Å². The van der Waals surface area contributed by atoms with Crippen molar-refractivity contribution < 1.29 is 13.2 Å². The van der Waals surface area contributed by atoms with Gasteiger partial charge in [-0.3, -0.25) is 9.29 Å². The zero-order valence-electron chi connectivity index (χ0n) is 17.3. The number of ether oxygens (including phenoxy) is 1. The highest BCUT2D eigenvalue weighted by Gasteiger charge is 2.45. The lowest BCUT2D eigenvalue weighted by Gasteiger charge is -2.25. The van der Waals surface area contributed by atoms with Crippen molar-refractivity contribution in [1.82, 2.24) is 9.97 Å². The summed E-state index contributed by atoms with van der Waals surface area (Å²) in [6.07, 6.45) is 4.63. The summed E-state index contributed by atoms with van der Waals surface area (Å²) in [6, 6.07) is 22.7. The number of halogens is 1. The van der Waals surface area contributed by atoms with Crippen LogP contribution < -0.4 is 13.3 Å². The molecule has 1 atom stereocenters. The molecule has 4 aromatic rings. The Bertz CT molecular complexity index is 1350. The highest BCUT2D eigenvalue weighted by atomic mass is 35.5. The fourth-order valence-electron chi connectivity index (χ4n) is 3.81. The number of anilines is 2. The van der Waals surface area contributed by atoms with Crippen molar-refractivity contribution in [3.63, 3.8) is 0 Å². The summed E-state index contributed by atoms with van der Waals surface area (Å²) in [5.74, 6) is 0.897. The molecule has 5 rings (SSSR count). The van der Waals surface area contributed by atoms with Gasteiger partial charge in [-0.05, 0) is 54.1 Å². The van der Waals surface area contributed by atoms with Crippen LogP contribution in [0, 0.1) is 0 Å². The van der Waals surface area contributed by atoms with E-state index in [2.05, 4.69) is 9.97 Å². The number of hydrogen-bond acceptors (Lipinski definition) is 5. The highest BCUT2D eigenvalue weighted by molar-refractivity contribution is 7.94. The Balaban J connectivity index is 1.57. The third kappa shape index (κ3) is 4.22. The molecule has 0 radical (unpaired) electrons. The molecule has 3 aromatic carbocycles. The molecule has 0 aliphatic carbocycles. The molecule has 0 amide bonds. The van der Waals surface area contributed by atoms with E-state index in [1.165, 1.54) is 14.8 Å². The zero-order chi connectivity index (χ0) is 22.8. The van der Waals surface area contributed by atoms with E-state index >= 15 is 0 Å². The van der Waals surface area contributed by atoms with Crippen LogP contribution in [0.1, 0.15) is 11.6 Å². The number of hydrogen-bond donors (Lipinski definition) is 0. The maximum absolute atomic E-state index is 13.7. The Morgan fingerprint density at radius 1 is 0.909 bits per heavy atom. The maximum atomic E-state index is 13.7. The third-order valence-corrected chi connectivity index (χ3v) is 7.41. The van der Waals surface area contributed by atoms with Gasteiger partial charge in [-0.1, -0.05) is 41.9 Å². The first-order valence-electron chi connectivity index (χ1n) is 10.2. The molecule has 9 heteroatoms. The van der Waals surface area contributed by atoms with Crippen molar-refractivity contribution in [3.8, 4) is 11.6 Å². The minimum Gasteiger partial charge on any atom is -0.437 e. The van der Waals surface area contributed by atoms with Crippen LogP contribution in [-0.2, 0) is 10.2 Å². The second kappa shape index (κ2) is 8.73. The molecule has 166 valence electrons. The van der Waals surface area contributed by atoms with Gasteiger partial charge >= 0.3 is 10.2 Å². The quantitative estimate of drug-likeness (QED) is 0.392. The molecule has 1 aliphatic rings. The van der Waals surface area contributed by atoms with Gasteiger partial charge in [0, 0.05) is 17.4 Å². The molecule has 2 heterocycles. The Labute approximate surface area is 197 Å². The zero-order valence-corrected chi connectivity index (χ0v) is 18.9. The first kappa shape index (κ1) is 21.2. The first-order chi connectivity index (χ1) is 16.0. The van der Waals surface area contributed by atoms with Gasteiger partial charge in [0.25, 0.3) is 0 Å². The van der Waals surface area contributed by atoms with Crippen molar-refractivity contribution >= 4 is 33.2 Å². The van der Waals surface area contributed by atoms with E-state index in [0.29, 0.717) is 28.0 Å². The van der Waals surface area contributed by atoms with E-state index in [0.717, 1.165) is 5.56 Å². The SMILES string of the molecule is O=S1(=O)N(c2ccccc2)CC(c2cccc(Oc3cnccn3)c2)N1c1ccc(Cl)cc1. The standard InChI is InChI=1S/C24H19ClN4O3S/c25-19-9-11-21(12-10-19)29-23(17-28(33(29,30)31)20-6-2-1-3-7-20)18-5-4-8-22(15-18)32-24-16-26-13-14-27-24/h1-16,23H,17H2. The molecule has 7 nitrogen and oxygen atoms in total. The molecule has 0 N–H and O–H groups in total. The predicted molar refractivity (Wildman–Crippen MR) is 128 cm³/mol. The second-order valence-electron chi connectivity index (χ2n) is 7.38. The molecule has 1 aromatic heterocycles. The summed E-state index contributed by atoms with van der Waals surface area (Å²) in [5.41, 5.74) is 1.92. The molecular formula is C24H19ClN4O3S. The number of para-hydroxylation sites is 1. The summed E-state index contributed by atoms with van der Waals surface area (Å²) in [6.45, 7) is 0.240. The van der Waals surface area contributed by atoms with Gasteiger partial charge in [0.1, 0.15) is 5.75 Å². The van der Waals surface area contributed by atoms with Crippen molar-refractivity contribution in [2.24, 2.45) is 0 Å². The lowest BCUT2D eigenvalue weighted by Crippen LogP contribution is -2.33. The van der Waals surface area contributed by atoms with E-state index in [1.54, 1.807) is 54.9 Å². The van der Waals surface area contributed by atoms with Crippen LogP contribution in [0.4, 0.5) is 11.4 Å². The summed E-state index contributed by atoms with van der Waals surface area (Å²) in [7, 11) is -3.86. The monoisotopic (exact) mass is 478 g/mol. The summed E-state index contributed by atoms with van der Waals surface area (Å²) < 4.78 is 36.1. The lowest BCUT2D eigenvalue weighted by molar-refractivity contribution is 0.459. The van der Waals surface area contributed by atoms with Gasteiger partial charge in [-0.15, -0.1) is 0 Å².